The van der Waals surface area contributed by atoms with Crippen LogP contribution in [0.2, 0.25) is 0 Å². The molecule has 0 bridgehead atoms. The van der Waals surface area contributed by atoms with Crippen LogP contribution < -0.4 is 21.7 Å². The molecule has 242 valence electrons. The number of nitrogens with two attached hydrogens (primary N) is 1. The lowest BCUT2D eigenvalue weighted by atomic mass is 9.85. The number of ether oxygens (including phenoxy) is 1. The Hall–Kier alpha value is -3.18. The SMILES string of the molecule is CC(C)C.CCC(C)CC(NC(=O)C1CC(C)CN1C(=O)C(NC(=O)NCC(=O)OC(C)C)C(C)(C)C)C(=O)C(N)=O. The highest BCUT2D eigenvalue weighted by molar-refractivity contribution is 6.37. The van der Waals surface area contributed by atoms with Gasteiger partial charge in [0.1, 0.15) is 18.6 Å². The molecular formula is C30H55N5O7. The molecule has 0 saturated carbocycles. The van der Waals surface area contributed by atoms with Crippen molar-refractivity contribution in [1.82, 2.24) is 20.9 Å². The number of rotatable bonds is 12. The minimum Gasteiger partial charge on any atom is -0.462 e. The fourth-order valence-electron chi connectivity index (χ4n) is 4.23. The molecule has 0 aromatic heterocycles. The second kappa shape index (κ2) is 17.7. The van der Waals surface area contributed by atoms with E-state index in [0.717, 1.165) is 12.3 Å². The summed E-state index contributed by atoms with van der Waals surface area (Å²) in [5, 5.41) is 7.67. The minimum atomic E-state index is -1.13. The molecule has 42 heavy (non-hydrogen) atoms. The molecule has 0 spiro atoms. The van der Waals surface area contributed by atoms with Crippen molar-refractivity contribution < 1.29 is 33.5 Å². The summed E-state index contributed by atoms with van der Waals surface area (Å²) in [4.78, 5) is 76.7. The minimum absolute atomic E-state index is 0.0187. The maximum atomic E-state index is 13.7. The van der Waals surface area contributed by atoms with Crippen LogP contribution in [0, 0.1) is 23.2 Å². The van der Waals surface area contributed by atoms with Crippen LogP contribution in [-0.2, 0) is 28.7 Å². The molecule has 5 N–H and O–H groups in total. The van der Waals surface area contributed by atoms with Gasteiger partial charge in [-0.2, -0.15) is 0 Å². The number of hydrogen-bond acceptors (Lipinski definition) is 7. The third-order valence-electron chi connectivity index (χ3n) is 6.46. The molecule has 12 heteroatoms. The van der Waals surface area contributed by atoms with Gasteiger partial charge in [0.25, 0.3) is 5.91 Å². The van der Waals surface area contributed by atoms with Gasteiger partial charge in [0.2, 0.25) is 17.6 Å². The van der Waals surface area contributed by atoms with E-state index in [1.165, 1.54) is 4.90 Å². The quantitative estimate of drug-likeness (QED) is 0.197. The highest BCUT2D eigenvalue weighted by Gasteiger charge is 2.44. The van der Waals surface area contributed by atoms with Crippen molar-refractivity contribution in [3.8, 4) is 0 Å². The number of carbonyl (C=O) groups excluding carboxylic acids is 6. The zero-order chi connectivity index (χ0) is 32.9. The van der Waals surface area contributed by atoms with E-state index in [1.807, 2.05) is 20.8 Å². The summed E-state index contributed by atoms with van der Waals surface area (Å²) in [6, 6.07) is -3.73. The Morgan fingerprint density at radius 3 is 1.98 bits per heavy atom. The van der Waals surface area contributed by atoms with Gasteiger partial charge in [0.15, 0.2) is 0 Å². The topological polar surface area (TPSA) is 177 Å². The van der Waals surface area contributed by atoms with E-state index >= 15 is 0 Å². The van der Waals surface area contributed by atoms with Crippen molar-refractivity contribution in [1.29, 1.82) is 0 Å². The monoisotopic (exact) mass is 597 g/mol. The van der Waals surface area contributed by atoms with Gasteiger partial charge in [0, 0.05) is 6.54 Å². The molecule has 0 aromatic rings. The molecule has 5 amide bonds. The number of carbonyl (C=O) groups is 6. The van der Waals surface area contributed by atoms with Gasteiger partial charge in [-0.3, -0.25) is 24.0 Å². The highest BCUT2D eigenvalue weighted by atomic mass is 16.5. The van der Waals surface area contributed by atoms with Crippen molar-refractivity contribution >= 4 is 35.5 Å². The number of nitrogens with one attached hydrogen (secondary N) is 3. The van der Waals surface area contributed by atoms with Gasteiger partial charge in [-0.1, -0.05) is 68.7 Å². The Morgan fingerprint density at radius 1 is 0.976 bits per heavy atom. The third kappa shape index (κ3) is 14.1. The Morgan fingerprint density at radius 2 is 1.52 bits per heavy atom. The zero-order valence-electron chi connectivity index (χ0n) is 27.5. The lowest BCUT2D eigenvalue weighted by molar-refractivity contribution is -0.146. The Balaban J connectivity index is 0.00000393. The van der Waals surface area contributed by atoms with Crippen LogP contribution in [0.15, 0.2) is 0 Å². The summed E-state index contributed by atoms with van der Waals surface area (Å²) >= 11 is 0. The fourth-order valence-corrected chi connectivity index (χ4v) is 4.23. The number of likely N-dealkylation sites (tertiary alicyclic amines) is 1. The summed E-state index contributed by atoms with van der Waals surface area (Å²) in [7, 11) is 0. The Labute approximate surface area is 251 Å². The van der Waals surface area contributed by atoms with Gasteiger partial charge < -0.3 is 31.3 Å². The number of primary amides is 1. The average Bonchev–Trinajstić information content (AvgIpc) is 3.24. The Kier molecular flexibility index (Phi) is 16.4. The molecule has 1 aliphatic rings. The molecular weight excluding hydrogens is 542 g/mol. The number of urea groups is 1. The number of hydrogen-bond donors (Lipinski definition) is 4. The van der Waals surface area contributed by atoms with Gasteiger partial charge in [-0.25, -0.2) is 4.79 Å². The van der Waals surface area contributed by atoms with Crippen LogP contribution in [0.5, 0.6) is 0 Å². The van der Waals surface area contributed by atoms with Crippen LogP contribution in [0.25, 0.3) is 0 Å². The number of ketones is 1. The smallest absolute Gasteiger partial charge is 0.325 e. The maximum absolute atomic E-state index is 13.7. The van der Waals surface area contributed by atoms with E-state index in [0.29, 0.717) is 6.42 Å². The first-order valence-corrected chi connectivity index (χ1v) is 14.9. The van der Waals surface area contributed by atoms with E-state index in [-0.39, 0.29) is 37.5 Å². The van der Waals surface area contributed by atoms with Crippen LogP contribution in [0.4, 0.5) is 4.79 Å². The van der Waals surface area contributed by atoms with Crippen LogP contribution in [0.3, 0.4) is 0 Å². The first kappa shape index (κ1) is 38.8. The van der Waals surface area contributed by atoms with Gasteiger partial charge in [-0.05, 0) is 49.9 Å². The second-order valence-electron chi connectivity index (χ2n) is 13.3. The lowest BCUT2D eigenvalue weighted by Crippen LogP contribution is -2.60. The van der Waals surface area contributed by atoms with E-state index < -0.39 is 59.0 Å². The van der Waals surface area contributed by atoms with Crippen molar-refractivity contribution in [3.05, 3.63) is 0 Å². The predicted octanol–water partition coefficient (Wildman–Crippen LogP) is 2.53. The first-order chi connectivity index (χ1) is 19.2. The maximum Gasteiger partial charge on any atom is 0.325 e. The van der Waals surface area contributed by atoms with Crippen LogP contribution >= 0.6 is 0 Å². The van der Waals surface area contributed by atoms with Crippen LogP contribution in [-0.4, -0.2) is 77.7 Å². The number of nitrogens with zero attached hydrogens (tertiary/aromatic N) is 1. The van der Waals surface area contributed by atoms with Crippen molar-refractivity contribution in [2.24, 2.45) is 28.9 Å². The number of esters is 1. The molecule has 0 radical (unpaired) electrons. The first-order valence-electron chi connectivity index (χ1n) is 14.9. The average molecular weight is 598 g/mol. The third-order valence-corrected chi connectivity index (χ3v) is 6.46. The summed E-state index contributed by atoms with van der Waals surface area (Å²) in [5.41, 5.74) is 4.47. The number of Topliss-reactive ketones (excluding diaryl/α,β-unsaturated/α-hetero) is 1. The fraction of sp³-hybridized carbons (Fsp3) is 0.800. The largest absolute Gasteiger partial charge is 0.462 e. The normalized spacial score (nSPS) is 18.7. The number of amides is 5. The molecule has 0 aliphatic carbocycles. The molecule has 12 nitrogen and oxygen atoms in total. The standard InChI is InChI=1S/C26H45N5O7.C4H10/c1-9-15(4)10-17(20(33)22(27)34)29-23(35)18-11-16(5)13-31(18)24(36)21(26(6,7)8)30-25(37)28-12-19(32)38-14(2)3;1-4(2)3/h14-18,21H,9-13H2,1-8H3,(H2,27,34)(H,29,35)(H2,28,30,37);4H,1-3H3. The lowest BCUT2D eigenvalue weighted by Gasteiger charge is -2.35. The summed E-state index contributed by atoms with van der Waals surface area (Å²) in [5.74, 6) is -2.79. The van der Waals surface area contributed by atoms with Crippen LogP contribution in [0.1, 0.15) is 95.4 Å². The molecule has 1 heterocycles. The molecule has 5 atom stereocenters. The highest BCUT2D eigenvalue weighted by Crippen LogP contribution is 2.28. The van der Waals surface area contributed by atoms with E-state index in [1.54, 1.807) is 34.6 Å². The Bertz CT molecular complexity index is 942. The molecule has 1 saturated heterocycles. The van der Waals surface area contributed by atoms with Crippen molar-refractivity contribution in [2.75, 3.05) is 13.1 Å². The molecule has 0 aromatic carbocycles. The van der Waals surface area contributed by atoms with Gasteiger partial charge >= 0.3 is 12.0 Å². The van der Waals surface area contributed by atoms with Gasteiger partial charge in [0.05, 0.1) is 12.1 Å². The second-order valence-corrected chi connectivity index (χ2v) is 13.3. The van der Waals surface area contributed by atoms with Gasteiger partial charge in [-0.15, -0.1) is 0 Å². The van der Waals surface area contributed by atoms with E-state index in [2.05, 4.69) is 36.7 Å². The molecule has 1 fully saturated rings. The van der Waals surface area contributed by atoms with E-state index in [9.17, 15) is 28.8 Å². The van der Waals surface area contributed by atoms with Crippen molar-refractivity contribution in [2.45, 2.75) is 120 Å². The molecule has 1 aliphatic heterocycles. The predicted molar refractivity (Wildman–Crippen MR) is 161 cm³/mol. The molecule has 1 rings (SSSR count). The van der Waals surface area contributed by atoms with E-state index in [4.69, 9.17) is 10.5 Å². The summed E-state index contributed by atoms with van der Waals surface area (Å²) < 4.78 is 4.99. The summed E-state index contributed by atoms with van der Waals surface area (Å²) in [6.07, 6.45) is 0.994. The van der Waals surface area contributed by atoms with Crippen molar-refractivity contribution in [3.63, 3.8) is 0 Å². The zero-order valence-corrected chi connectivity index (χ0v) is 27.5. The summed E-state index contributed by atoms with van der Waals surface area (Å²) in [6.45, 7) is 20.8. The molecule has 5 unspecified atom stereocenters.